The Balaban J connectivity index is 1.80. The predicted molar refractivity (Wildman–Crippen MR) is 105 cm³/mol. The van der Waals surface area contributed by atoms with Gasteiger partial charge in [0.15, 0.2) is 4.77 Å². The molecule has 0 spiro atoms. The van der Waals surface area contributed by atoms with Crippen LogP contribution in [0.25, 0.3) is 5.69 Å². The third-order valence-electron chi connectivity index (χ3n) is 3.60. The van der Waals surface area contributed by atoms with Gasteiger partial charge in [-0.1, -0.05) is 47.5 Å². The smallest absolute Gasteiger partial charge is 0.199 e. The maximum Gasteiger partial charge on any atom is 0.199 e. The number of nitrogens with one attached hydrogen (secondary N) is 1. The van der Waals surface area contributed by atoms with Gasteiger partial charge in [-0.05, 0) is 48.5 Å². The maximum atomic E-state index is 6.11. The molecule has 0 radical (unpaired) electrons. The van der Waals surface area contributed by atoms with Gasteiger partial charge in [-0.2, -0.15) is 5.10 Å². The largest absolute Gasteiger partial charge is 0.271 e. The molecule has 7 heteroatoms. The Kier molecular flexibility index (Phi) is 5.66. The Morgan fingerprint density at radius 1 is 1.12 bits per heavy atom. The summed E-state index contributed by atoms with van der Waals surface area (Å²) in [7, 11) is 0. The normalized spacial score (nSPS) is 11.0. The summed E-state index contributed by atoms with van der Waals surface area (Å²) in [4.78, 5) is 0. The number of rotatable bonds is 5. The molecular formula is C17H15Cl2N3S2. The molecule has 0 aliphatic heterocycles. The Morgan fingerprint density at radius 3 is 2.54 bits per heavy atom. The average molecular weight is 396 g/mol. The van der Waals surface area contributed by atoms with E-state index in [9.17, 15) is 0 Å². The van der Waals surface area contributed by atoms with Crippen LogP contribution in [0.5, 0.6) is 0 Å². The fraction of sp³-hybridized carbons (Fsp3) is 0.176. The minimum Gasteiger partial charge on any atom is -0.271 e. The lowest BCUT2D eigenvalue weighted by molar-refractivity contribution is 0.949. The molecule has 0 fully saturated rings. The fourth-order valence-corrected chi connectivity index (χ4v) is 4.18. The summed E-state index contributed by atoms with van der Waals surface area (Å²) in [6.07, 6.45) is 0. The molecule has 1 aromatic heterocycles. The molecule has 2 aromatic carbocycles. The number of benzene rings is 2. The van der Waals surface area contributed by atoms with E-state index in [2.05, 4.69) is 41.4 Å². The van der Waals surface area contributed by atoms with Crippen molar-refractivity contribution in [2.45, 2.75) is 18.4 Å². The molecule has 0 saturated carbocycles. The zero-order valence-electron chi connectivity index (χ0n) is 12.9. The Labute approximate surface area is 160 Å². The van der Waals surface area contributed by atoms with Crippen LogP contribution in [-0.2, 0) is 11.5 Å². The molecule has 24 heavy (non-hydrogen) atoms. The van der Waals surface area contributed by atoms with Crippen molar-refractivity contribution in [1.82, 2.24) is 14.8 Å². The van der Waals surface area contributed by atoms with Gasteiger partial charge in [0.1, 0.15) is 5.82 Å². The van der Waals surface area contributed by atoms with Crippen LogP contribution in [0.1, 0.15) is 17.0 Å². The molecule has 3 nitrogen and oxygen atoms in total. The number of aryl methyl sites for hydroxylation is 1. The van der Waals surface area contributed by atoms with Crippen molar-refractivity contribution >= 4 is 47.2 Å². The van der Waals surface area contributed by atoms with E-state index in [-0.39, 0.29) is 0 Å². The highest BCUT2D eigenvalue weighted by molar-refractivity contribution is 7.97. The molecule has 0 saturated heterocycles. The second-order valence-electron chi connectivity index (χ2n) is 5.33. The molecule has 0 bridgehead atoms. The molecular weight excluding hydrogens is 381 g/mol. The van der Waals surface area contributed by atoms with Crippen molar-refractivity contribution < 1.29 is 0 Å². The highest BCUT2D eigenvalue weighted by Crippen LogP contribution is 2.25. The standard InChI is InChI=1S/C17H15Cl2N3S2/c1-11-4-2-3-5-12(11)9-24-10-16-20-21-17(23)22(16)15-7-13(18)6-14(19)8-15/h2-8H,9-10H2,1H3,(H,21,23). The van der Waals surface area contributed by atoms with E-state index in [1.807, 2.05) is 16.7 Å². The van der Waals surface area contributed by atoms with Gasteiger partial charge in [0.05, 0.1) is 11.4 Å². The monoisotopic (exact) mass is 395 g/mol. The molecule has 0 amide bonds. The van der Waals surface area contributed by atoms with Gasteiger partial charge in [0.25, 0.3) is 0 Å². The quantitative estimate of drug-likeness (QED) is 0.539. The molecule has 0 aliphatic carbocycles. The van der Waals surface area contributed by atoms with Crippen molar-refractivity contribution in [2.24, 2.45) is 0 Å². The van der Waals surface area contributed by atoms with Crippen LogP contribution in [-0.4, -0.2) is 14.8 Å². The molecule has 1 N–H and O–H groups in total. The number of aromatic amines is 1. The number of halogens is 2. The Morgan fingerprint density at radius 2 is 1.83 bits per heavy atom. The lowest BCUT2D eigenvalue weighted by atomic mass is 10.1. The number of hydrogen-bond acceptors (Lipinski definition) is 3. The van der Waals surface area contributed by atoms with Gasteiger partial charge < -0.3 is 0 Å². The molecule has 3 aromatic rings. The van der Waals surface area contributed by atoms with E-state index in [4.69, 9.17) is 35.4 Å². The number of aromatic nitrogens is 3. The van der Waals surface area contributed by atoms with Crippen molar-refractivity contribution in [2.75, 3.05) is 0 Å². The van der Waals surface area contributed by atoms with Crippen LogP contribution in [0.2, 0.25) is 10.0 Å². The number of H-pyrrole nitrogens is 1. The molecule has 124 valence electrons. The van der Waals surface area contributed by atoms with E-state index >= 15 is 0 Å². The average Bonchev–Trinajstić information content (AvgIpc) is 2.89. The van der Waals surface area contributed by atoms with Crippen molar-refractivity contribution in [3.63, 3.8) is 0 Å². The van der Waals surface area contributed by atoms with Crippen molar-refractivity contribution in [1.29, 1.82) is 0 Å². The van der Waals surface area contributed by atoms with Gasteiger partial charge in [-0.15, -0.1) is 11.8 Å². The van der Waals surface area contributed by atoms with Crippen LogP contribution >= 0.6 is 47.2 Å². The summed E-state index contributed by atoms with van der Waals surface area (Å²) in [5.74, 6) is 2.49. The summed E-state index contributed by atoms with van der Waals surface area (Å²) in [5.41, 5.74) is 3.44. The molecule has 0 atom stereocenters. The lowest BCUT2D eigenvalue weighted by Crippen LogP contribution is -2.01. The Hall–Kier alpha value is -1.27. The first kappa shape index (κ1) is 17.5. The molecule has 0 aliphatic rings. The minimum atomic E-state index is 0.528. The van der Waals surface area contributed by atoms with Gasteiger partial charge >= 0.3 is 0 Å². The summed E-state index contributed by atoms with van der Waals surface area (Å²) in [5, 5.41) is 8.33. The minimum absolute atomic E-state index is 0.528. The molecule has 1 heterocycles. The van der Waals surface area contributed by atoms with Crippen molar-refractivity contribution in [3.05, 3.63) is 74.2 Å². The van der Waals surface area contributed by atoms with Crippen LogP contribution in [0.15, 0.2) is 42.5 Å². The van der Waals surface area contributed by atoms with E-state index in [1.165, 1.54) is 11.1 Å². The van der Waals surface area contributed by atoms with Crippen LogP contribution in [0.4, 0.5) is 0 Å². The second kappa shape index (κ2) is 7.74. The summed E-state index contributed by atoms with van der Waals surface area (Å²) in [6.45, 7) is 2.12. The topological polar surface area (TPSA) is 33.6 Å². The van der Waals surface area contributed by atoms with Crippen LogP contribution in [0, 0.1) is 11.7 Å². The van der Waals surface area contributed by atoms with Gasteiger partial charge in [0.2, 0.25) is 0 Å². The second-order valence-corrected chi connectivity index (χ2v) is 7.57. The first-order valence-electron chi connectivity index (χ1n) is 7.29. The summed E-state index contributed by atoms with van der Waals surface area (Å²) in [6, 6.07) is 13.7. The predicted octanol–water partition coefficient (Wildman–Crippen LogP) is 5.98. The van der Waals surface area contributed by atoms with Crippen LogP contribution in [0.3, 0.4) is 0 Å². The summed E-state index contributed by atoms with van der Waals surface area (Å²) < 4.78 is 2.40. The fourth-order valence-electron chi connectivity index (χ4n) is 2.39. The molecule has 3 rings (SSSR count). The number of thioether (sulfide) groups is 1. The maximum absolute atomic E-state index is 6.11. The number of nitrogens with zero attached hydrogens (tertiary/aromatic N) is 2. The highest BCUT2D eigenvalue weighted by atomic mass is 35.5. The van der Waals surface area contributed by atoms with E-state index in [0.717, 1.165) is 23.0 Å². The van der Waals surface area contributed by atoms with Gasteiger partial charge in [-0.25, -0.2) is 0 Å². The summed E-state index contributed by atoms with van der Waals surface area (Å²) >= 11 is 19.4. The zero-order chi connectivity index (χ0) is 17.1. The number of hydrogen-bond donors (Lipinski definition) is 1. The third-order valence-corrected chi connectivity index (χ3v) is 5.29. The molecule has 0 unspecified atom stereocenters. The lowest BCUT2D eigenvalue weighted by Gasteiger charge is -2.09. The third kappa shape index (κ3) is 4.03. The van der Waals surface area contributed by atoms with Crippen molar-refractivity contribution in [3.8, 4) is 5.69 Å². The van der Waals surface area contributed by atoms with E-state index in [1.54, 1.807) is 17.8 Å². The highest BCUT2D eigenvalue weighted by Gasteiger charge is 2.10. The van der Waals surface area contributed by atoms with Gasteiger partial charge in [-0.3, -0.25) is 9.67 Å². The van der Waals surface area contributed by atoms with Crippen LogP contribution < -0.4 is 0 Å². The SMILES string of the molecule is Cc1ccccc1CSCc1n[nH]c(=S)n1-c1cc(Cl)cc(Cl)c1. The van der Waals surface area contributed by atoms with E-state index in [0.29, 0.717) is 14.8 Å². The Bertz CT molecular complexity index is 898. The first-order chi connectivity index (χ1) is 11.5. The first-order valence-corrected chi connectivity index (χ1v) is 9.61. The zero-order valence-corrected chi connectivity index (χ0v) is 16.1. The van der Waals surface area contributed by atoms with Gasteiger partial charge in [0, 0.05) is 15.8 Å². The van der Waals surface area contributed by atoms with E-state index < -0.39 is 0 Å².